The maximum Gasteiger partial charge on any atom is 0.418 e. The van der Waals surface area contributed by atoms with Crippen molar-refractivity contribution in [3.8, 4) is 5.69 Å². The van der Waals surface area contributed by atoms with Crippen LogP contribution in [-0.2, 0) is 17.5 Å². The first-order valence-corrected chi connectivity index (χ1v) is 9.76. The monoisotopic (exact) mass is 449 g/mol. The molecule has 3 aromatic heterocycles. The van der Waals surface area contributed by atoms with Gasteiger partial charge in [-0.1, -0.05) is 0 Å². The zero-order valence-electron chi connectivity index (χ0n) is 15.9. The second-order valence-corrected chi connectivity index (χ2v) is 7.30. The van der Waals surface area contributed by atoms with E-state index >= 15 is 0 Å². The van der Waals surface area contributed by atoms with Crippen LogP contribution in [0.15, 0.2) is 46.3 Å². The molecule has 0 atom stereocenters. The summed E-state index contributed by atoms with van der Waals surface area (Å²) in [5.41, 5.74) is -0.624. The van der Waals surface area contributed by atoms with Crippen LogP contribution < -0.4 is 10.9 Å². The third-order valence-corrected chi connectivity index (χ3v) is 5.00. The molecule has 0 spiro atoms. The molecule has 160 valence electrons. The largest absolute Gasteiger partial charge is 0.443 e. The van der Waals surface area contributed by atoms with E-state index in [9.17, 15) is 22.8 Å². The molecule has 0 aliphatic rings. The van der Waals surface area contributed by atoms with Crippen LogP contribution in [-0.4, -0.2) is 25.6 Å². The van der Waals surface area contributed by atoms with Crippen LogP contribution in [0.25, 0.3) is 16.7 Å². The lowest BCUT2D eigenvalue weighted by molar-refractivity contribution is -0.137. The number of benzene rings is 1. The van der Waals surface area contributed by atoms with Crippen molar-refractivity contribution >= 4 is 34.2 Å². The number of rotatable bonds is 4. The number of aromatic nitrogens is 4. The number of nitrogens with zero attached hydrogens (tertiary/aromatic N) is 3. The molecule has 1 aromatic carbocycles. The number of anilines is 1. The van der Waals surface area contributed by atoms with E-state index in [1.54, 1.807) is 16.8 Å². The SMILES string of the molecule is Cc1nc2cc(-n3cnc(COC(=O)Nc4ccsc4)c3)c(C(F)(F)F)cc2[nH]c1=O. The smallest absolute Gasteiger partial charge is 0.418 e. The molecule has 31 heavy (non-hydrogen) atoms. The lowest BCUT2D eigenvalue weighted by atomic mass is 10.1. The minimum absolute atomic E-state index is 0.0274. The number of nitrogens with one attached hydrogen (secondary N) is 2. The molecule has 4 rings (SSSR count). The number of hydrogen-bond donors (Lipinski definition) is 2. The molecule has 0 bridgehead atoms. The molecule has 3 heterocycles. The molecule has 12 heteroatoms. The summed E-state index contributed by atoms with van der Waals surface area (Å²) in [5.74, 6) is 0. The standard InChI is InChI=1S/C19H14F3N5O3S/c1-10-17(28)26-14-4-13(19(20,21)22)16(5-15(14)24-10)27-6-12(23-9-27)7-30-18(29)25-11-2-3-31-8-11/h2-6,8-9H,7H2,1H3,(H,25,29)(H,26,28). The van der Waals surface area contributed by atoms with Crippen molar-refractivity contribution in [1.29, 1.82) is 0 Å². The zero-order valence-corrected chi connectivity index (χ0v) is 16.7. The maximum absolute atomic E-state index is 13.7. The van der Waals surface area contributed by atoms with Gasteiger partial charge in [0.05, 0.1) is 40.0 Å². The topological polar surface area (TPSA) is 102 Å². The molecule has 0 aliphatic heterocycles. The molecule has 0 radical (unpaired) electrons. The van der Waals surface area contributed by atoms with Crippen LogP contribution in [0, 0.1) is 6.92 Å². The number of amides is 1. The van der Waals surface area contributed by atoms with Gasteiger partial charge in [-0.3, -0.25) is 10.1 Å². The van der Waals surface area contributed by atoms with Crippen molar-refractivity contribution in [2.75, 3.05) is 5.32 Å². The Kier molecular flexibility index (Phi) is 5.23. The van der Waals surface area contributed by atoms with Gasteiger partial charge in [0, 0.05) is 11.6 Å². The first kappa shape index (κ1) is 20.6. The molecule has 2 N–H and O–H groups in total. The Bertz CT molecular complexity index is 1310. The third-order valence-electron chi connectivity index (χ3n) is 4.32. The Balaban J connectivity index is 1.62. The number of halogens is 3. The van der Waals surface area contributed by atoms with E-state index in [0.717, 1.165) is 6.07 Å². The number of imidazole rings is 1. The van der Waals surface area contributed by atoms with Crippen molar-refractivity contribution < 1.29 is 22.7 Å². The minimum Gasteiger partial charge on any atom is -0.443 e. The number of aryl methyl sites for hydroxylation is 1. The Morgan fingerprint density at radius 1 is 1.35 bits per heavy atom. The van der Waals surface area contributed by atoms with Gasteiger partial charge in [0.2, 0.25) is 0 Å². The molecular formula is C19H14F3N5O3S. The van der Waals surface area contributed by atoms with Gasteiger partial charge in [-0.2, -0.15) is 24.5 Å². The van der Waals surface area contributed by atoms with Crippen molar-refractivity contribution in [3.05, 3.63) is 68.8 Å². The highest BCUT2D eigenvalue weighted by Gasteiger charge is 2.35. The summed E-state index contributed by atoms with van der Waals surface area (Å²) in [6.45, 7) is 1.23. The molecule has 0 unspecified atom stereocenters. The Labute approximate surface area is 176 Å². The highest BCUT2D eigenvalue weighted by molar-refractivity contribution is 7.08. The number of alkyl halides is 3. The summed E-state index contributed by atoms with van der Waals surface area (Å²) in [4.78, 5) is 34.0. The molecule has 0 saturated carbocycles. The summed E-state index contributed by atoms with van der Waals surface area (Å²) < 4.78 is 47.2. The van der Waals surface area contributed by atoms with Crippen LogP contribution in [0.5, 0.6) is 0 Å². The second kappa shape index (κ2) is 7.87. The Morgan fingerprint density at radius 3 is 2.87 bits per heavy atom. The summed E-state index contributed by atoms with van der Waals surface area (Å²) >= 11 is 1.40. The van der Waals surface area contributed by atoms with Gasteiger partial charge in [0.1, 0.15) is 12.3 Å². The van der Waals surface area contributed by atoms with Crippen LogP contribution in [0.1, 0.15) is 17.0 Å². The fourth-order valence-corrected chi connectivity index (χ4v) is 3.44. The van der Waals surface area contributed by atoms with E-state index in [-0.39, 0.29) is 34.7 Å². The average Bonchev–Trinajstić information content (AvgIpc) is 3.38. The van der Waals surface area contributed by atoms with Gasteiger partial charge < -0.3 is 14.3 Å². The van der Waals surface area contributed by atoms with Gasteiger partial charge in [-0.25, -0.2) is 14.8 Å². The van der Waals surface area contributed by atoms with E-state index < -0.39 is 23.4 Å². The fraction of sp³-hybridized carbons (Fsp3) is 0.158. The highest BCUT2D eigenvalue weighted by atomic mass is 32.1. The quantitative estimate of drug-likeness (QED) is 0.485. The molecule has 8 nitrogen and oxygen atoms in total. The second-order valence-electron chi connectivity index (χ2n) is 6.52. The van der Waals surface area contributed by atoms with Crippen molar-refractivity contribution in [2.45, 2.75) is 19.7 Å². The third kappa shape index (κ3) is 4.43. The molecular weight excluding hydrogens is 435 g/mol. The first-order valence-electron chi connectivity index (χ1n) is 8.82. The summed E-state index contributed by atoms with van der Waals surface area (Å²) in [5, 5.41) is 6.02. The molecule has 0 fully saturated rings. The highest BCUT2D eigenvalue weighted by Crippen LogP contribution is 2.35. The summed E-state index contributed by atoms with van der Waals surface area (Å²) in [6, 6.07) is 3.75. The zero-order chi connectivity index (χ0) is 22.2. The number of thiophene rings is 1. The predicted octanol–water partition coefficient (Wildman–Crippen LogP) is 4.25. The van der Waals surface area contributed by atoms with Gasteiger partial charge in [0.15, 0.2) is 0 Å². The van der Waals surface area contributed by atoms with Gasteiger partial charge in [-0.15, -0.1) is 0 Å². The number of carbonyl (C=O) groups excluding carboxylic acids is 1. The lowest BCUT2D eigenvalue weighted by Crippen LogP contribution is -2.15. The van der Waals surface area contributed by atoms with Crippen molar-refractivity contribution in [3.63, 3.8) is 0 Å². The van der Waals surface area contributed by atoms with Crippen LogP contribution >= 0.6 is 11.3 Å². The van der Waals surface area contributed by atoms with E-state index in [2.05, 4.69) is 20.3 Å². The van der Waals surface area contributed by atoms with E-state index in [1.165, 1.54) is 41.4 Å². The molecule has 0 aliphatic carbocycles. The average molecular weight is 449 g/mol. The molecule has 1 amide bonds. The number of aromatic amines is 1. The van der Waals surface area contributed by atoms with Crippen LogP contribution in [0.2, 0.25) is 0 Å². The Hall–Kier alpha value is -3.67. The number of carbonyl (C=O) groups is 1. The van der Waals surface area contributed by atoms with Gasteiger partial charge in [-0.05, 0) is 30.5 Å². The van der Waals surface area contributed by atoms with E-state index in [1.807, 2.05) is 0 Å². The van der Waals surface area contributed by atoms with Crippen LogP contribution in [0.4, 0.5) is 23.7 Å². The van der Waals surface area contributed by atoms with E-state index in [4.69, 9.17) is 4.74 Å². The minimum atomic E-state index is -4.69. The number of ether oxygens (including phenoxy) is 1. The van der Waals surface area contributed by atoms with Crippen molar-refractivity contribution in [1.82, 2.24) is 19.5 Å². The number of fused-ring (bicyclic) bond motifs is 1. The first-order chi connectivity index (χ1) is 14.7. The Morgan fingerprint density at radius 2 is 2.16 bits per heavy atom. The number of hydrogen-bond acceptors (Lipinski definition) is 6. The van der Waals surface area contributed by atoms with Crippen molar-refractivity contribution in [2.24, 2.45) is 0 Å². The molecule has 4 aromatic rings. The van der Waals surface area contributed by atoms with Gasteiger partial charge in [0.25, 0.3) is 5.56 Å². The lowest BCUT2D eigenvalue weighted by Gasteiger charge is -2.14. The summed E-state index contributed by atoms with van der Waals surface area (Å²) in [6.07, 6.45) is -2.89. The maximum atomic E-state index is 13.7. The normalized spacial score (nSPS) is 11.6. The van der Waals surface area contributed by atoms with Gasteiger partial charge >= 0.3 is 12.3 Å². The van der Waals surface area contributed by atoms with E-state index in [0.29, 0.717) is 5.69 Å². The fourth-order valence-electron chi connectivity index (χ4n) is 2.85. The molecule has 0 saturated heterocycles. The van der Waals surface area contributed by atoms with Crippen LogP contribution in [0.3, 0.4) is 0 Å². The predicted molar refractivity (Wildman–Crippen MR) is 107 cm³/mol. The summed E-state index contributed by atoms with van der Waals surface area (Å²) in [7, 11) is 0. The number of H-pyrrole nitrogens is 1.